The van der Waals surface area contributed by atoms with Crippen LogP contribution in [0.25, 0.3) is 10.8 Å². The number of benzene rings is 2. The van der Waals surface area contributed by atoms with Crippen LogP contribution in [0.15, 0.2) is 24.3 Å². The van der Waals surface area contributed by atoms with Crippen LogP contribution in [0.4, 0.5) is 0 Å². The van der Waals surface area contributed by atoms with Gasteiger partial charge in [-0.1, -0.05) is 19.9 Å². The summed E-state index contributed by atoms with van der Waals surface area (Å²) >= 11 is 7.31. The molecule has 16 heavy (non-hydrogen) atoms. The Labute approximate surface area is 137 Å². The van der Waals surface area contributed by atoms with Gasteiger partial charge in [0.25, 0.3) is 0 Å². The largest absolute Gasteiger partial charge is 0.0586 e. The minimum absolute atomic E-state index is 0.586. The predicted molar refractivity (Wildman–Crippen MR) is 96.2 cm³/mol. The van der Waals surface area contributed by atoms with Crippen molar-refractivity contribution >= 4 is 78.5 Å². The highest BCUT2D eigenvalue weighted by atomic mass is 127. The number of fused-ring (bicyclic) bond motifs is 1. The molecule has 0 spiro atoms. The summed E-state index contributed by atoms with van der Waals surface area (Å²) < 4.78 is 4.09. The van der Waals surface area contributed by atoms with Crippen molar-refractivity contribution in [3.8, 4) is 0 Å². The zero-order valence-corrected chi connectivity index (χ0v) is 15.5. The molecule has 2 rings (SSSR count). The van der Waals surface area contributed by atoms with E-state index in [1.54, 1.807) is 0 Å². The van der Waals surface area contributed by atoms with Gasteiger partial charge in [0.05, 0.1) is 0 Å². The number of hydrogen-bond acceptors (Lipinski definition) is 0. The van der Waals surface area contributed by atoms with Crippen LogP contribution in [0, 0.1) is 10.7 Å². The summed E-state index contributed by atoms with van der Waals surface area (Å²) in [6.07, 6.45) is 0. The van der Waals surface area contributed by atoms with Crippen LogP contribution >= 0.6 is 67.8 Å². The first-order valence-electron chi connectivity index (χ1n) is 5.08. The summed E-state index contributed by atoms with van der Waals surface area (Å²) in [5.74, 6) is 0.586. The monoisotopic (exact) mass is 548 g/mol. The lowest BCUT2D eigenvalue weighted by molar-refractivity contribution is 0.856. The molecule has 0 aliphatic heterocycles. The average Bonchev–Trinajstić information content (AvgIpc) is 2.15. The molecular weight excluding hydrogens is 537 g/mol. The molecule has 0 unspecified atom stereocenters. The predicted octanol–water partition coefficient (Wildman–Crippen LogP) is 5.78. The molecule has 0 N–H and O–H groups in total. The first-order chi connectivity index (χ1) is 7.50. The summed E-state index contributed by atoms with van der Waals surface area (Å²) in [4.78, 5) is 0. The van der Waals surface area contributed by atoms with Crippen LogP contribution < -0.4 is 0 Å². The van der Waals surface area contributed by atoms with Gasteiger partial charge in [-0.25, -0.2) is 0 Å². The van der Waals surface area contributed by atoms with Gasteiger partial charge >= 0.3 is 0 Å². The summed E-state index contributed by atoms with van der Waals surface area (Å²) in [7, 11) is 0. The van der Waals surface area contributed by atoms with Crippen molar-refractivity contribution in [1.29, 1.82) is 0 Å². The van der Waals surface area contributed by atoms with E-state index in [1.165, 1.54) is 27.0 Å². The van der Waals surface area contributed by atoms with Crippen LogP contribution in [0.5, 0.6) is 0 Å². The Kier molecular flexibility index (Phi) is 4.38. The second-order valence-electron chi connectivity index (χ2n) is 4.11. The summed E-state index contributed by atoms with van der Waals surface area (Å²) in [5, 5.41) is 2.73. The molecule has 0 atom stereocenters. The van der Waals surface area contributed by atoms with E-state index < -0.39 is 0 Å². The zero-order chi connectivity index (χ0) is 11.9. The maximum atomic E-state index is 2.48. The van der Waals surface area contributed by atoms with E-state index in [0.29, 0.717) is 5.92 Å². The first kappa shape index (κ1) is 13.3. The summed E-state index contributed by atoms with van der Waals surface area (Å²) in [5.41, 5.74) is 1.48. The third kappa shape index (κ3) is 2.50. The van der Waals surface area contributed by atoms with Gasteiger partial charge in [0, 0.05) is 10.7 Å². The Morgan fingerprint density at radius 1 is 1.00 bits per heavy atom. The Morgan fingerprint density at radius 3 is 2.31 bits per heavy atom. The SMILES string of the molecule is CC(C)c1c(I)cc2cc(I)ccc2c1I. The van der Waals surface area contributed by atoms with Crippen molar-refractivity contribution in [2.75, 3.05) is 0 Å². The third-order valence-corrected chi connectivity index (χ3v) is 5.33. The van der Waals surface area contributed by atoms with Crippen molar-refractivity contribution in [3.05, 3.63) is 40.5 Å². The Balaban J connectivity index is 2.83. The molecule has 2 aromatic rings. The second kappa shape index (κ2) is 5.26. The minimum atomic E-state index is 0.586. The number of hydrogen-bond donors (Lipinski definition) is 0. The topological polar surface area (TPSA) is 0 Å². The molecule has 0 bridgehead atoms. The van der Waals surface area contributed by atoms with E-state index in [4.69, 9.17) is 0 Å². The van der Waals surface area contributed by atoms with E-state index in [1.807, 2.05) is 0 Å². The Bertz CT molecular complexity index is 544. The fourth-order valence-electron chi connectivity index (χ4n) is 1.85. The normalized spacial score (nSPS) is 11.4. The van der Waals surface area contributed by atoms with Crippen molar-refractivity contribution in [1.82, 2.24) is 0 Å². The molecule has 0 aliphatic rings. The standard InChI is InChI=1S/C13H11I3/c1-7(2)12-11(15)6-8-5-9(14)3-4-10(8)13(12)16/h3-7H,1-2H3. The third-order valence-electron chi connectivity index (χ3n) is 2.60. The molecule has 84 valence electrons. The fourth-order valence-corrected chi connectivity index (χ4v) is 5.51. The zero-order valence-electron chi connectivity index (χ0n) is 9.02. The quantitative estimate of drug-likeness (QED) is 0.397. The number of halogens is 3. The lowest BCUT2D eigenvalue weighted by atomic mass is 9.99. The molecule has 3 heteroatoms. The maximum Gasteiger partial charge on any atom is 0.0254 e. The smallest absolute Gasteiger partial charge is 0.0254 e. The maximum absolute atomic E-state index is 2.48. The highest BCUT2D eigenvalue weighted by Crippen LogP contribution is 2.33. The van der Waals surface area contributed by atoms with Gasteiger partial charge < -0.3 is 0 Å². The molecule has 0 heterocycles. The van der Waals surface area contributed by atoms with Gasteiger partial charge in [0.2, 0.25) is 0 Å². The fraction of sp³-hybridized carbons (Fsp3) is 0.231. The lowest BCUT2D eigenvalue weighted by Crippen LogP contribution is -1.97. The van der Waals surface area contributed by atoms with Gasteiger partial charge in [-0.3, -0.25) is 0 Å². The van der Waals surface area contributed by atoms with E-state index in [0.717, 1.165) is 0 Å². The highest BCUT2D eigenvalue weighted by Gasteiger charge is 2.12. The molecular formula is C13H11I3. The Hall–Kier alpha value is 0.890. The van der Waals surface area contributed by atoms with Crippen molar-refractivity contribution in [3.63, 3.8) is 0 Å². The molecule has 0 fully saturated rings. The molecule has 0 nitrogen and oxygen atoms in total. The van der Waals surface area contributed by atoms with Crippen LogP contribution in [-0.2, 0) is 0 Å². The van der Waals surface area contributed by atoms with Crippen molar-refractivity contribution in [2.45, 2.75) is 19.8 Å². The average molecular weight is 548 g/mol. The van der Waals surface area contributed by atoms with Gasteiger partial charge in [0.15, 0.2) is 0 Å². The van der Waals surface area contributed by atoms with Crippen LogP contribution in [0.2, 0.25) is 0 Å². The second-order valence-corrected chi connectivity index (χ2v) is 7.59. The number of rotatable bonds is 1. The van der Waals surface area contributed by atoms with Gasteiger partial charge in [-0.15, -0.1) is 0 Å². The van der Waals surface area contributed by atoms with Crippen LogP contribution in [0.3, 0.4) is 0 Å². The lowest BCUT2D eigenvalue weighted by Gasteiger charge is -2.14. The molecule has 0 saturated carbocycles. The van der Waals surface area contributed by atoms with E-state index in [2.05, 4.69) is 106 Å². The van der Waals surface area contributed by atoms with Crippen LogP contribution in [0.1, 0.15) is 25.3 Å². The minimum Gasteiger partial charge on any atom is -0.0586 e. The van der Waals surface area contributed by atoms with E-state index in [-0.39, 0.29) is 0 Å². The first-order valence-corrected chi connectivity index (χ1v) is 8.31. The molecule has 0 aromatic heterocycles. The molecule has 0 amide bonds. The molecule has 0 saturated heterocycles. The molecule has 2 aromatic carbocycles. The van der Waals surface area contributed by atoms with E-state index in [9.17, 15) is 0 Å². The summed E-state index contributed by atoms with van der Waals surface area (Å²) in [6.45, 7) is 4.52. The Morgan fingerprint density at radius 2 is 1.69 bits per heavy atom. The van der Waals surface area contributed by atoms with Gasteiger partial charge in [-0.05, 0) is 108 Å². The molecule has 0 aliphatic carbocycles. The van der Waals surface area contributed by atoms with Crippen molar-refractivity contribution in [2.24, 2.45) is 0 Å². The van der Waals surface area contributed by atoms with Crippen molar-refractivity contribution < 1.29 is 0 Å². The highest BCUT2D eigenvalue weighted by molar-refractivity contribution is 14.1. The van der Waals surface area contributed by atoms with Crippen LogP contribution in [-0.4, -0.2) is 0 Å². The van der Waals surface area contributed by atoms with E-state index >= 15 is 0 Å². The van der Waals surface area contributed by atoms with Gasteiger partial charge in [-0.2, -0.15) is 0 Å². The summed E-state index contributed by atoms with van der Waals surface area (Å²) in [6, 6.07) is 8.97. The van der Waals surface area contributed by atoms with Gasteiger partial charge in [0.1, 0.15) is 0 Å². The molecule has 0 radical (unpaired) electrons.